The van der Waals surface area contributed by atoms with Crippen molar-refractivity contribution in [2.75, 3.05) is 7.05 Å². The molecule has 0 unspecified atom stereocenters. The number of hydrogen-bond donors (Lipinski definition) is 2. The lowest BCUT2D eigenvalue weighted by molar-refractivity contribution is 0.440. The van der Waals surface area contributed by atoms with Gasteiger partial charge in [0.15, 0.2) is 17.5 Å². The standard InChI is InChI=1S/C19H19FN4OS/c1-21-19(24-13-16-5-3-9-26-16)23-11-14-6-7-18(17(20)10-14)25-15-4-2-8-22-12-15/h2-10,12H,11,13H2,1H3,(H2,21,23,24). The molecule has 1 aromatic carbocycles. The highest BCUT2D eigenvalue weighted by atomic mass is 32.1. The Morgan fingerprint density at radius 3 is 2.77 bits per heavy atom. The minimum Gasteiger partial charge on any atom is -0.453 e. The van der Waals surface area contributed by atoms with Gasteiger partial charge < -0.3 is 15.4 Å². The van der Waals surface area contributed by atoms with Gasteiger partial charge in [0.05, 0.1) is 12.7 Å². The quantitative estimate of drug-likeness (QED) is 0.510. The zero-order chi connectivity index (χ0) is 18.2. The Morgan fingerprint density at radius 2 is 2.08 bits per heavy atom. The van der Waals surface area contributed by atoms with Crippen LogP contribution in [-0.2, 0) is 13.1 Å². The molecule has 0 spiro atoms. The van der Waals surface area contributed by atoms with Gasteiger partial charge in [0.2, 0.25) is 0 Å². The molecule has 0 aliphatic rings. The lowest BCUT2D eigenvalue weighted by Crippen LogP contribution is -2.36. The first-order chi connectivity index (χ1) is 12.7. The van der Waals surface area contributed by atoms with Crippen LogP contribution in [0.4, 0.5) is 4.39 Å². The second kappa shape index (κ2) is 8.96. The van der Waals surface area contributed by atoms with Gasteiger partial charge in [-0.2, -0.15) is 0 Å². The molecule has 0 atom stereocenters. The van der Waals surface area contributed by atoms with Crippen LogP contribution in [0.5, 0.6) is 11.5 Å². The Bertz CT molecular complexity index is 853. The fourth-order valence-electron chi connectivity index (χ4n) is 2.26. The van der Waals surface area contributed by atoms with E-state index in [1.54, 1.807) is 42.8 Å². The van der Waals surface area contributed by atoms with Crippen molar-refractivity contribution in [3.63, 3.8) is 0 Å². The Morgan fingerprint density at radius 1 is 1.19 bits per heavy atom. The minimum atomic E-state index is -0.422. The van der Waals surface area contributed by atoms with Crippen LogP contribution in [0, 0.1) is 5.82 Å². The van der Waals surface area contributed by atoms with Crippen molar-refractivity contribution in [2.45, 2.75) is 13.1 Å². The summed E-state index contributed by atoms with van der Waals surface area (Å²) in [5, 5.41) is 8.43. The first kappa shape index (κ1) is 17.9. The summed E-state index contributed by atoms with van der Waals surface area (Å²) in [6.07, 6.45) is 3.18. The van der Waals surface area contributed by atoms with Gasteiger partial charge in [-0.05, 0) is 41.3 Å². The van der Waals surface area contributed by atoms with E-state index in [1.165, 1.54) is 17.1 Å². The molecule has 2 aromatic heterocycles. The van der Waals surface area contributed by atoms with E-state index in [-0.39, 0.29) is 5.75 Å². The number of aromatic nitrogens is 1. The van der Waals surface area contributed by atoms with Crippen LogP contribution >= 0.6 is 11.3 Å². The van der Waals surface area contributed by atoms with Crippen LogP contribution in [-0.4, -0.2) is 18.0 Å². The predicted molar refractivity (Wildman–Crippen MR) is 102 cm³/mol. The molecule has 5 nitrogen and oxygen atoms in total. The monoisotopic (exact) mass is 370 g/mol. The molecule has 0 amide bonds. The maximum atomic E-state index is 14.3. The number of halogens is 1. The molecule has 3 rings (SSSR count). The molecule has 26 heavy (non-hydrogen) atoms. The number of nitrogens with one attached hydrogen (secondary N) is 2. The number of rotatable bonds is 6. The average molecular weight is 370 g/mol. The Hall–Kier alpha value is -2.93. The van der Waals surface area contributed by atoms with E-state index in [0.29, 0.717) is 24.8 Å². The van der Waals surface area contributed by atoms with Crippen molar-refractivity contribution >= 4 is 17.3 Å². The maximum absolute atomic E-state index is 14.3. The Labute approximate surface area is 155 Å². The molecule has 2 heterocycles. The lowest BCUT2D eigenvalue weighted by atomic mass is 10.2. The number of hydrogen-bond acceptors (Lipinski definition) is 4. The molecule has 0 fully saturated rings. The third-order valence-corrected chi connectivity index (χ3v) is 4.43. The zero-order valence-electron chi connectivity index (χ0n) is 14.3. The molecule has 3 aromatic rings. The largest absolute Gasteiger partial charge is 0.453 e. The molecule has 2 N–H and O–H groups in total. The molecule has 7 heteroatoms. The second-order valence-electron chi connectivity index (χ2n) is 5.41. The van der Waals surface area contributed by atoms with Gasteiger partial charge >= 0.3 is 0 Å². The normalized spacial score (nSPS) is 11.2. The van der Waals surface area contributed by atoms with E-state index in [9.17, 15) is 4.39 Å². The molecule has 0 aliphatic carbocycles. The van der Waals surface area contributed by atoms with Crippen LogP contribution in [0.2, 0.25) is 0 Å². The summed E-state index contributed by atoms with van der Waals surface area (Å²) in [4.78, 5) is 9.34. The summed E-state index contributed by atoms with van der Waals surface area (Å²) in [6, 6.07) is 12.4. The first-order valence-corrected chi connectivity index (χ1v) is 8.96. The molecule has 0 saturated heterocycles. The number of ether oxygens (including phenoxy) is 1. The molecule has 134 valence electrons. The summed E-state index contributed by atoms with van der Waals surface area (Å²) < 4.78 is 19.8. The van der Waals surface area contributed by atoms with Crippen molar-refractivity contribution in [2.24, 2.45) is 4.99 Å². The second-order valence-corrected chi connectivity index (χ2v) is 6.45. The fourth-order valence-corrected chi connectivity index (χ4v) is 2.91. The number of aliphatic imine (C=N–C) groups is 1. The molecular formula is C19H19FN4OS. The van der Waals surface area contributed by atoms with Crippen molar-refractivity contribution in [3.05, 3.63) is 76.5 Å². The highest BCUT2D eigenvalue weighted by Crippen LogP contribution is 2.24. The highest BCUT2D eigenvalue weighted by molar-refractivity contribution is 7.09. The van der Waals surface area contributed by atoms with Gasteiger partial charge in [0.25, 0.3) is 0 Å². The van der Waals surface area contributed by atoms with E-state index in [1.807, 2.05) is 17.5 Å². The predicted octanol–water partition coefficient (Wildman–Crippen LogP) is 3.94. The molecule has 0 aliphatic heterocycles. The fraction of sp³-hybridized carbons (Fsp3) is 0.158. The summed E-state index contributed by atoms with van der Waals surface area (Å²) in [6.45, 7) is 1.15. The van der Waals surface area contributed by atoms with Crippen LogP contribution in [0.15, 0.2) is 65.2 Å². The lowest BCUT2D eigenvalue weighted by Gasteiger charge is -2.12. The molecular weight excluding hydrogens is 351 g/mol. The Balaban J connectivity index is 1.55. The molecule has 0 radical (unpaired) electrons. The summed E-state index contributed by atoms with van der Waals surface area (Å²) in [7, 11) is 1.70. The first-order valence-electron chi connectivity index (χ1n) is 8.08. The molecule has 0 bridgehead atoms. The number of nitrogens with zero attached hydrogens (tertiary/aromatic N) is 2. The van der Waals surface area contributed by atoms with Crippen LogP contribution < -0.4 is 15.4 Å². The maximum Gasteiger partial charge on any atom is 0.191 e. The zero-order valence-corrected chi connectivity index (χ0v) is 15.1. The van der Waals surface area contributed by atoms with Crippen molar-refractivity contribution < 1.29 is 9.13 Å². The highest BCUT2D eigenvalue weighted by Gasteiger charge is 2.07. The van der Waals surface area contributed by atoms with Crippen molar-refractivity contribution in [1.29, 1.82) is 0 Å². The van der Waals surface area contributed by atoms with E-state index in [0.717, 1.165) is 5.56 Å². The number of pyridine rings is 1. The van der Waals surface area contributed by atoms with Gasteiger partial charge in [0, 0.05) is 24.7 Å². The van der Waals surface area contributed by atoms with Gasteiger partial charge in [-0.25, -0.2) is 4.39 Å². The van der Waals surface area contributed by atoms with Crippen molar-refractivity contribution in [1.82, 2.24) is 15.6 Å². The third-order valence-electron chi connectivity index (χ3n) is 3.55. The van der Waals surface area contributed by atoms with E-state index in [2.05, 4.69) is 26.7 Å². The summed E-state index contributed by atoms with van der Waals surface area (Å²) >= 11 is 1.68. The minimum absolute atomic E-state index is 0.168. The van der Waals surface area contributed by atoms with Crippen LogP contribution in [0.25, 0.3) is 0 Å². The van der Waals surface area contributed by atoms with Gasteiger partial charge in [0.1, 0.15) is 5.75 Å². The van der Waals surface area contributed by atoms with Gasteiger partial charge in [-0.15, -0.1) is 11.3 Å². The van der Waals surface area contributed by atoms with Gasteiger partial charge in [-0.1, -0.05) is 12.1 Å². The topological polar surface area (TPSA) is 58.5 Å². The van der Waals surface area contributed by atoms with Gasteiger partial charge in [-0.3, -0.25) is 9.98 Å². The van der Waals surface area contributed by atoms with E-state index >= 15 is 0 Å². The summed E-state index contributed by atoms with van der Waals surface area (Å²) in [5.74, 6) is 0.904. The summed E-state index contributed by atoms with van der Waals surface area (Å²) in [5.41, 5.74) is 0.792. The number of thiophene rings is 1. The van der Waals surface area contributed by atoms with E-state index in [4.69, 9.17) is 4.74 Å². The number of guanidine groups is 1. The smallest absolute Gasteiger partial charge is 0.191 e. The SMILES string of the molecule is CN=C(NCc1ccc(Oc2cccnc2)c(F)c1)NCc1cccs1. The number of benzene rings is 1. The van der Waals surface area contributed by atoms with Crippen molar-refractivity contribution in [3.8, 4) is 11.5 Å². The molecule has 0 saturated carbocycles. The van der Waals surface area contributed by atoms with Crippen LogP contribution in [0.1, 0.15) is 10.4 Å². The third kappa shape index (κ3) is 5.03. The van der Waals surface area contributed by atoms with E-state index < -0.39 is 5.82 Å². The van der Waals surface area contributed by atoms with Crippen LogP contribution in [0.3, 0.4) is 0 Å². The average Bonchev–Trinajstić information content (AvgIpc) is 3.18. The Kier molecular flexibility index (Phi) is 6.16.